The summed E-state index contributed by atoms with van der Waals surface area (Å²) in [7, 11) is 0. The molecule has 0 saturated carbocycles. The van der Waals surface area contributed by atoms with Gasteiger partial charge < -0.3 is 5.73 Å². The maximum atomic E-state index is 10.7. The number of hydrogen-bond acceptors (Lipinski definition) is 2. The van der Waals surface area contributed by atoms with Crippen molar-refractivity contribution in [1.82, 2.24) is 0 Å². The number of anilines is 1. The summed E-state index contributed by atoms with van der Waals surface area (Å²) < 4.78 is 1.02. The molecule has 0 heterocycles. The number of carbonyl (C=O) groups excluding carboxylic acids is 1. The highest BCUT2D eigenvalue weighted by Gasteiger charge is 2.00. The minimum atomic E-state index is 0.735. The summed E-state index contributed by atoms with van der Waals surface area (Å²) in [6, 6.07) is 21.0. The van der Waals surface area contributed by atoms with Gasteiger partial charge in [-0.1, -0.05) is 64.5 Å². The van der Waals surface area contributed by atoms with Crippen molar-refractivity contribution in [3.8, 4) is 0 Å². The molecule has 3 aromatic carbocycles. The SMILES string of the molecule is Nc1ccccc1.O=Cc1cccc2c(Br)cccc12. The maximum absolute atomic E-state index is 10.7. The molecule has 3 heteroatoms. The Bertz CT molecular complexity index is 711. The summed E-state index contributed by atoms with van der Waals surface area (Å²) in [5.74, 6) is 0. The lowest BCUT2D eigenvalue weighted by Gasteiger charge is -2.01. The van der Waals surface area contributed by atoms with Crippen molar-refractivity contribution < 1.29 is 4.79 Å². The highest BCUT2D eigenvalue weighted by molar-refractivity contribution is 9.10. The monoisotopic (exact) mass is 327 g/mol. The quantitative estimate of drug-likeness (QED) is 0.520. The Morgan fingerprint density at radius 1 is 0.800 bits per heavy atom. The number of halogens is 1. The highest BCUT2D eigenvalue weighted by Crippen LogP contribution is 2.25. The van der Waals surface area contributed by atoms with Crippen LogP contribution in [0.25, 0.3) is 10.8 Å². The number of nitrogen functional groups attached to an aromatic ring is 1. The van der Waals surface area contributed by atoms with Gasteiger partial charge in [0.05, 0.1) is 0 Å². The number of carbonyl (C=O) groups is 1. The molecule has 2 N–H and O–H groups in total. The summed E-state index contributed by atoms with van der Waals surface area (Å²) in [5.41, 5.74) is 6.91. The fourth-order valence-corrected chi connectivity index (χ4v) is 2.35. The van der Waals surface area contributed by atoms with E-state index < -0.39 is 0 Å². The van der Waals surface area contributed by atoms with E-state index in [4.69, 9.17) is 5.73 Å². The van der Waals surface area contributed by atoms with Crippen LogP contribution in [0.1, 0.15) is 10.4 Å². The van der Waals surface area contributed by atoms with Gasteiger partial charge in [-0.25, -0.2) is 0 Å². The van der Waals surface area contributed by atoms with E-state index in [1.54, 1.807) is 0 Å². The van der Waals surface area contributed by atoms with Gasteiger partial charge in [0.2, 0.25) is 0 Å². The molecule has 0 unspecified atom stereocenters. The Balaban J connectivity index is 0.000000178. The Morgan fingerprint density at radius 3 is 2.05 bits per heavy atom. The molecule has 0 aliphatic carbocycles. The standard InChI is InChI=1S/C11H7BrO.C6H7N/c12-11-6-2-4-9-8(7-13)3-1-5-10(9)11;7-6-4-2-1-3-5-6/h1-7H;1-5H,7H2. The minimum absolute atomic E-state index is 0.735. The molecule has 0 aliphatic rings. The zero-order valence-corrected chi connectivity index (χ0v) is 12.4. The second-order valence-corrected chi connectivity index (χ2v) is 5.07. The average Bonchev–Trinajstić information content (AvgIpc) is 2.49. The van der Waals surface area contributed by atoms with Crippen molar-refractivity contribution in [2.45, 2.75) is 0 Å². The van der Waals surface area contributed by atoms with Crippen LogP contribution in [0.5, 0.6) is 0 Å². The first kappa shape index (κ1) is 14.3. The maximum Gasteiger partial charge on any atom is 0.150 e. The van der Waals surface area contributed by atoms with Gasteiger partial charge in [0.25, 0.3) is 0 Å². The van der Waals surface area contributed by atoms with Crippen molar-refractivity contribution in [1.29, 1.82) is 0 Å². The zero-order chi connectivity index (χ0) is 14.4. The average molecular weight is 328 g/mol. The number of aldehydes is 1. The Kier molecular flexibility index (Phi) is 4.91. The van der Waals surface area contributed by atoms with Crippen LogP contribution in [0.3, 0.4) is 0 Å². The molecule has 0 fully saturated rings. The van der Waals surface area contributed by atoms with Gasteiger partial charge in [-0.05, 0) is 29.0 Å². The summed E-state index contributed by atoms with van der Waals surface area (Å²) in [6.07, 6.45) is 0.884. The van der Waals surface area contributed by atoms with Gasteiger partial charge in [0.1, 0.15) is 0 Å². The predicted molar refractivity (Wildman–Crippen MR) is 87.9 cm³/mol. The van der Waals surface area contributed by atoms with E-state index in [-0.39, 0.29) is 0 Å². The molecule has 0 aliphatic heterocycles. The second-order valence-electron chi connectivity index (χ2n) is 4.21. The van der Waals surface area contributed by atoms with Crippen molar-refractivity contribution in [3.05, 3.63) is 76.8 Å². The van der Waals surface area contributed by atoms with E-state index in [1.807, 2.05) is 66.7 Å². The van der Waals surface area contributed by atoms with E-state index in [0.29, 0.717) is 0 Å². The molecular formula is C17H14BrNO. The summed E-state index contributed by atoms with van der Waals surface area (Å²) in [4.78, 5) is 10.7. The second kappa shape index (κ2) is 6.87. The van der Waals surface area contributed by atoms with Gasteiger partial charge in [-0.15, -0.1) is 0 Å². The first-order valence-electron chi connectivity index (χ1n) is 6.15. The summed E-state index contributed by atoms with van der Waals surface area (Å²) >= 11 is 3.44. The van der Waals surface area contributed by atoms with Crippen LogP contribution >= 0.6 is 15.9 Å². The van der Waals surface area contributed by atoms with Crippen molar-refractivity contribution >= 4 is 38.7 Å². The first-order chi connectivity index (χ1) is 9.72. The predicted octanol–water partition coefficient (Wildman–Crippen LogP) is 4.68. The highest BCUT2D eigenvalue weighted by atomic mass is 79.9. The number of hydrogen-bond donors (Lipinski definition) is 1. The fraction of sp³-hybridized carbons (Fsp3) is 0. The smallest absolute Gasteiger partial charge is 0.150 e. The molecule has 3 rings (SSSR count). The van der Waals surface area contributed by atoms with Crippen LogP contribution in [0.15, 0.2) is 71.2 Å². The van der Waals surface area contributed by atoms with Crippen LogP contribution in [0, 0.1) is 0 Å². The normalized spacial score (nSPS) is 9.65. The van der Waals surface area contributed by atoms with E-state index in [9.17, 15) is 4.79 Å². The number of nitrogens with two attached hydrogens (primary N) is 1. The Labute approximate surface area is 126 Å². The van der Waals surface area contributed by atoms with E-state index in [1.165, 1.54) is 0 Å². The number of fused-ring (bicyclic) bond motifs is 1. The third-order valence-corrected chi connectivity index (χ3v) is 3.52. The minimum Gasteiger partial charge on any atom is -0.399 e. The van der Waals surface area contributed by atoms with Crippen LogP contribution < -0.4 is 5.73 Å². The molecule has 20 heavy (non-hydrogen) atoms. The van der Waals surface area contributed by atoms with Crippen LogP contribution in [0.4, 0.5) is 5.69 Å². The van der Waals surface area contributed by atoms with Crippen LogP contribution in [0.2, 0.25) is 0 Å². The molecule has 0 aromatic heterocycles. The fourth-order valence-electron chi connectivity index (χ4n) is 1.85. The number of para-hydroxylation sites is 1. The van der Waals surface area contributed by atoms with Crippen molar-refractivity contribution in [3.63, 3.8) is 0 Å². The van der Waals surface area contributed by atoms with Crippen LogP contribution in [-0.4, -0.2) is 6.29 Å². The first-order valence-corrected chi connectivity index (χ1v) is 6.94. The van der Waals surface area contributed by atoms with Gasteiger partial charge in [-0.3, -0.25) is 4.79 Å². The lowest BCUT2D eigenvalue weighted by Crippen LogP contribution is -1.82. The van der Waals surface area contributed by atoms with E-state index in [0.717, 1.165) is 32.8 Å². The molecule has 3 aromatic rings. The zero-order valence-electron chi connectivity index (χ0n) is 10.8. The topological polar surface area (TPSA) is 43.1 Å². The van der Waals surface area contributed by atoms with Gasteiger partial charge in [0.15, 0.2) is 6.29 Å². The third-order valence-electron chi connectivity index (χ3n) is 2.83. The molecular weight excluding hydrogens is 314 g/mol. The van der Waals surface area contributed by atoms with Crippen molar-refractivity contribution in [2.24, 2.45) is 0 Å². The largest absolute Gasteiger partial charge is 0.399 e. The summed E-state index contributed by atoms with van der Waals surface area (Å²) in [5, 5.41) is 2.07. The van der Waals surface area contributed by atoms with Gasteiger partial charge in [-0.2, -0.15) is 0 Å². The number of rotatable bonds is 1. The molecule has 0 bridgehead atoms. The number of benzene rings is 3. The molecule has 0 spiro atoms. The van der Waals surface area contributed by atoms with Crippen molar-refractivity contribution in [2.75, 3.05) is 5.73 Å². The lowest BCUT2D eigenvalue weighted by atomic mass is 10.1. The lowest BCUT2D eigenvalue weighted by molar-refractivity contribution is 0.112. The summed E-state index contributed by atoms with van der Waals surface area (Å²) in [6.45, 7) is 0. The van der Waals surface area contributed by atoms with Gasteiger partial charge in [0, 0.05) is 15.7 Å². The molecule has 0 radical (unpaired) electrons. The Hall–Kier alpha value is -2.13. The van der Waals surface area contributed by atoms with Crippen LogP contribution in [-0.2, 0) is 0 Å². The molecule has 100 valence electrons. The van der Waals surface area contributed by atoms with Gasteiger partial charge >= 0.3 is 0 Å². The van der Waals surface area contributed by atoms with E-state index in [2.05, 4.69) is 15.9 Å². The molecule has 2 nitrogen and oxygen atoms in total. The van der Waals surface area contributed by atoms with E-state index >= 15 is 0 Å². The molecule has 0 atom stereocenters. The third kappa shape index (κ3) is 3.45. The Morgan fingerprint density at radius 2 is 1.45 bits per heavy atom. The molecule has 0 amide bonds. The molecule has 0 saturated heterocycles.